The monoisotopic (exact) mass is 314 g/mol. The Morgan fingerprint density at radius 3 is 2.48 bits per heavy atom. The van der Waals surface area contributed by atoms with Crippen molar-refractivity contribution in [3.05, 3.63) is 58.3 Å². The van der Waals surface area contributed by atoms with Gasteiger partial charge in [0.15, 0.2) is 0 Å². The number of hydrogen-bond acceptors (Lipinski definition) is 3. The molecule has 2 aromatic rings. The van der Waals surface area contributed by atoms with Crippen LogP contribution in [0.3, 0.4) is 0 Å². The van der Waals surface area contributed by atoms with Crippen molar-refractivity contribution in [1.82, 2.24) is 19.8 Å². The number of benzene rings is 1. The van der Waals surface area contributed by atoms with E-state index in [-0.39, 0.29) is 11.6 Å². The van der Waals surface area contributed by atoms with Gasteiger partial charge in [0, 0.05) is 38.9 Å². The van der Waals surface area contributed by atoms with Crippen LogP contribution in [-0.4, -0.2) is 58.4 Å². The van der Waals surface area contributed by atoms with Gasteiger partial charge in [0.1, 0.15) is 5.69 Å². The molecule has 1 saturated heterocycles. The van der Waals surface area contributed by atoms with Gasteiger partial charge in [-0.3, -0.25) is 9.69 Å². The van der Waals surface area contributed by atoms with Crippen molar-refractivity contribution in [2.24, 2.45) is 0 Å². The number of piperazine rings is 1. The zero-order valence-corrected chi connectivity index (χ0v) is 13.3. The second kappa shape index (κ2) is 6.83. The highest BCUT2D eigenvalue weighted by Crippen LogP contribution is 2.17. The topological polar surface area (TPSA) is 72.2 Å². The minimum Gasteiger partial charge on any atom is -0.335 e. The first-order valence-electron chi connectivity index (χ1n) is 7.98. The molecule has 3 rings (SSSR count). The quantitative estimate of drug-likeness (QED) is 0.892. The van der Waals surface area contributed by atoms with Crippen LogP contribution in [0.1, 0.15) is 28.9 Å². The van der Waals surface area contributed by atoms with Gasteiger partial charge < -0.3 is 14.9 Å². The molecule has 0 saturated carbocycles. The molecule has 0 bridgehead atoms. The molecule has 2 N–H and O–H groups in total. The summed E-state index contributed by atoms with van der Waals surface area (Å²) in [6.07, 6.45) is 1.44. The van der Waals surface area contributed by atoms with E-state index in [0.717, 1.165) is 19.6 Å². The molecule has 0 radical (unpaired) electrons. The lowest BCUT2D eigenvalue weighted by Gasteiger charge is -2.35. The summed E-state index contributed by atoms with van der Waals surface area (Å²) in [4.78, 5) is 32.6. The van der Waals surface area contributed by atoms with Crippen molar-refractivity contribution in [2.45, 2.75) is 12.8 Å². The lowest BCUT2D eigenvalue weighted by molar-refractivity contribution is 0.0626. The standard InChI is InChI=1S/C17H22N4O2/c1-13(14-5-3-2-4-6-14)12-20-7-9-21(10-8-20)16(22)15-11-18-17(23)19-15/h2-6,11,13H,7-10,12H2,1H3,(H2,18,19,23). The predicted molar refractivity (Wildman–Crippen MR) is 88.6 cm³/mol. The average Bonchev–Trinajstić information content (AvgIpc) is 3.02. The Balaban J connectivity index is 1.52. The maximum atomic E-state index is 12.3. The largest absolute Gasteiger partial charge is 0.335 e. The number of aromatic amines is 2. The van der Waals surface area contributed by atoms with Gasteiger partial charge in [0.2, 0.25) is 0 Å². The van der Waals surface area contributed by atoms with Crippen LogP contribution in [0.2, 0.25) is 0 Å². The van der Waals surface area contributed by atoms with Crippen LogP contribution < -0.4 is 5.69 Å². The van der Waals surface area contributed by atoms with Crippen LogP contribution in [0.15, 0.2) is 41.3 Å². The molecule has 1 fully saturated rings. The first kappa shape index (κ1) is 15.6. The molecule has 122 valence electrons. The van der Waals surface area contributed by atoms with Gasteiger partial charge in [-0.2, -0.15) is 0 Å². The summed E-state index contributed by atoms with van der Waals surface area (Å²) in [7, 11) is 0. The van der Waals surface area contributed by atoms with Gasteiger partial charge in [0.25, 0.3) is 5.91 Å². The Morgan fingerprint density at radius 2 is 1.87 bits per heavy atom. The third kappa shape index (κ3) is 3.71. The van der Waals surface area contributed by atoms with E-state index in [4.69, 9.17) is 0 Å². The van der Waals surface area contributed by atoms with E-state index in [9.17, 15) is 9.59 Å². The van der Waals surface area contributed by atoms with Crippen molar-refractivity contribution in [3.8, 4) is 0 Å². The fourth-order valence-electron chi connectivity index (χ4n) is 3.03. The average molecular weight is 314 g/mol. The second-order valence-electron chi connectivity index (χ2n) is 6.06. The van der Waals surface area contributed by atoms with Gasteiger partial charge in [0.05, 0.1) is 0 Å². The molecule has 1 atom stereocenters. The lowest BCUT2D eigenvalue weighted by Crippen LogP contribution is -2.49. The van der Waals surface area contributed by atoms with Crippen LogP contribution >= 0.6 is 0 Å². The van der Waals surface area contributed by atoms with E-state index in [1.54, 1.807) is 4.90 Å². The van der Waals surface area contributed by atoms with Crippen molar-refractivity contribution in [3.63, 3.8) is 0 Å². The lowest BCUT2D eigenvalue weighted by atomic mass is 10.0. The van der Waals surface area contributed by atoms with E-state index < -0.39 is 0 Å². The van der Waals surface area contributed by atoms with Crippen LogP contribution in [0.25, 0.3) is 0 Å². The highest BCUT2D eigenvalue weighted by molar-refractivity contribution is 5.92. The molecule has 1 aromatic carbocycles. The fraction of sp³-hybridized carbons (Fsp3) is 0.412. The van der Waals surface area contributed by atoms with Crippen LogP contribution in [0.5, 0.6) is 0 Å². The summed E-state index contributed by atoms with van der Waals surface area (Å²) >= 11 is 0. The van der Waals surface area contributed by atoms with E-state index >= 15 is 0 Å². The second-order valence-corrected chi connectivity index (χ2v) is 6.06. The van der Waals surface area contributed by atoms with Crippen LogP contribution in [0.4, 0.5) is 0 Å². The SMILES string of the molecule is CC(CN1CCN(C(=O)c2c[nH]c(=O)[nH]2)CC1)c1ccccc1. The Morgan fingerprint density at radius 1 is 1.17 bits per heavy atom. The van der Waals surface area contributed by atoms with Crippen molar-refractivity contribution in [2.75, 3.05) is 32.7 Å². The van der Waals surface area contributed by atoms with Gasteiger partial charge in [-0.05, 0) is 11.5 Å². The van der Waals surface area contributed by atoms with Gasteiger partial charge >= 0.3 is 5.69 Å². The van der Waals surface area contributed by atoms with E-state index in [0.29, 0.717) is 24.7 Å². The zero-order valence-electron chi connectivity index (χ0n) is 13.3. The number of hydrogen-bond donors (Lipinski definition) is 2. The maximum Gasteiger partial charge on any atom is 0.323 e. The van der Waals surface area contributed by atoms with E-state index in [2.05, 4.69) is 46.1 Å². The summed E-state index contributed by atoms with van der Waals surface area (Å²) in [6, 6.07) is 10.5. The smallest absolute Gasteiger partial charge is 0.323 e. The summed E-state index contributed by atoms with van der Waals surface area (Å²) < 4.78 is 0. The molecule has 0 aliphatic carbocycles. The number of rotatable bonds is 4. The van der Waals surface area contributed by atoms with Gasteiger partial charge in [-0.15, -0.1) is 0 Å². The fourth-order valence-corrected chi connectivity index (χ4v) is 3.03. The number of carbonyl (C=O) groups excluding carboxylic acids is 1. The van der Waals surface area contributed by atoms with Crippen LogP contribution in [-0.2, 0) is 0 Å². The highest BCUT2D eigenvalue weighted by atomic mass is 16.2. The molecule has 1 aromatic heterocycles. The van der Waals surface area contributed by atoms with E-state index in [1.807, 2.05) is 6.07 Å². The molecule has 6 nitrogen and oxygen atoms in total. The number of nitrogens with one attached hydrogen (secondary N) is 2. The third-order valence-corrected chi connectivity index (χ3v) is 4.39. The number of aromatic nitrogens is 2. The number of nitrogens with zero attached hydrogens (tertiary/aromatic N) is 2. The molecule has 1 unspecified atom stereocenters. The number of carbonyl (C=O) groups is 1. The number of amides is 1. The molecule has 2 heterocycles. The van der Waals surface area contributed by atoms with Gasteiger partial charge in [-0.1, -0.05) is 37.3 Å². The first-order chi connectivity index (χ1) is 11.1. The molecular formula is C17H22N4O2. The Kier molecular flexibility index (Phi) is 4.62. The van der Waals surface area contributed by atoms with Crippen molar-refractivity contribution < 1.29 is 4.79 Å². The minimum atomic E-state index is -0.344. The minimum absolute atomic E-state index is 0.112. The third-order valence-electron chi connectivity index (χ3n) is 4.39. The number of H-pyrrole nitrogens is 2. The molecule has 1 aliphatic heterocycles. The summed E-state index contributed by atoms with van der Waals surface area (Å²) in [5.74, 6) is 0.360. The Bertz CT molecular complexity index is 699. The van der Waals surface area contributed by atoms with E-state index in [1.165, 1.54) is 11.8 Å². The maximum absolute atomic E-state index is 12.3. The number of imidazole rings is 1. The zero-order chi connectivity index (χ0) is 16.2. The Hall–Kier alpha value is -2.34. The van der Waals surface area contributed by atoms with Gasteiger partial charge in [-0.25, -0.2) is 4.79 Å². The summed E-state index contributed by atoms with van der Waals surface area (Å²) in [6.45, 7) is 6.32. The molecular weight excluding hydrogens is 292 g/mol. The molecule has 23 heavy (non-hydrogen) atoms. The summed E-state index contributed by atoms with van der Waals surface area (Å²) in [5, 5.41) is 0. The summed E-state index contributed by atoms with van der Waals surface area (Å²) in [5.41, 5.74) is 1.33. The normalized spacial score (nSPS) is 17.2. The van der Waals surface area contributed by atoms with Crippen LogP contribution in [0, 0.1) is 0 Å². The Labute approximate surface area is 135 Å². The predicted octanol–water partition coefficient (Wildman–Crippen LogP) is 1.26. The first-order valence-corrected chi connectivity index (χ1v) is 7.98. The highest BCUT2D eigenvalue weighted by Gasteiger charge is 2.24. The molecule has 6 heteroatoms. The van der Waals surface area contributed by atoms with Crippen molar-refractivity contribution in [1.29, 1.82) is 0 Å². The molecule has 1 amide bonds. The molecule has 1 aliphatic rings. The molecule has 0 spiro atoms. The van der Waals surface area contributed by atoms with Crippen molar-refractivity contribution >= 4 is 5.91 Å².